The molecule has 0 radical (unpaired) electrons. The predicted molar refractivity (Wildman–Crippen MR) is 88.0 cm³/mol. The number of benzene rings is 2. The third-order valence-electron chi connectivity index (χ3n) is 3.44. The molecule has 1 atom stereocenters. The fraction of sp³-hybridized carbons (Fsp3) is 0.188. The van der Waals surface area contributed by atoms with E-state index in [1.54, 1.807) is 28.8 Å². The molecule has 21 heavy (non-hydrogen) atoms. The van der Waals surface area contributed by atoms with Crippen molar-refractivity contribution in [1.82, 2.24) is 0 Å². The molecule has 0 spiro atoms. The predicted octanol–water partition coefficient (Wildman–Crippen LogP) is 4.68. The highest BCUT2D eigenvalue weighted by Crippen LogP contribution is 2.42. The fourth-order valence-corrected chi connectivity index (χ4v) is 3.78. The molecule has 3 rings (SSSR count). The lowest BCUT2D eigenvalue weighted by atomic mass is 10.1. The van der Waals surface area contributed by atoms with Gasteiger partial charge in [-0.3, -0.25) is 9.69 Å². The van der Waals surface area contributed by atoms with Crippen LogP contribution in [0.3, 0.4) is 0 Å². The van der Waals surface area contributed by atoms with Gasteiger partial charge in [0, 0.05) is 10.2 Å². The summed E-state index contributed by atoms with van der Waals surface area (Å²) in [5.74, 6) is 0.257. The van der Waals surface area contributed by atoms with Crippen LogP contribution in [-0.2, 0) is 4.79 Å². The minimum absolute atomic E-state index is 0.0797. The molecule has 0 saturated carbocycles. The van der Waals surface area contributed by atoms with Crippen molar-refractivity contribution in [3.05, 3.63) is 63.9 Å². The van der Waals surface area contributed by atoms with E-state index in [0.29, 0.717) is 5.75 Å². The van der Waals surface area contributed by atoms with Crippen molar-refractivity contribution in [3.63, 3.8) is 0 Å². The lowest BCUT2D eigenvalue weighted by Gasteiger charge is -2.25. The Morgan fingerprint density at radius 1 is 1.24 bits per heavy atom. The van der Waals surface area contributed by atoms with Crippen LogP contribution >= 0.6 is 27.7 Å². The molecule has 1 saturated heterocycles. The van der Waals surface area contributed by atoms with Crippen LogP contribution in [-0.4, -0.2) is 11.7 Å². The van der Waals surface area contributed by atoms with Gasteiger partial charge in [0.05, 0.1) is 5.75 Å². The first-order valence-corrected chi connectivity index (χ1v) is 8.36. The van der Waals surface area contributed by atoms with Gasteiger partial charge in [-0.15, -0.1) is 11.8 Å². The second-order valence-corrected chi connectivity index (χ2v) is 6.84. The highest BCUT2D eigenvalue weighted by atomic mass is 79.9. The van der Waals surface area contributed by atoms with Crippen molar-refractivity contribution in [1.29, 1.82) is 0 Å². The molecule has 2 aromatic rings. The maximum atomic E-state index is 13.1. The van der Waals surface area contributed by atoms with Gasteiger partial charge in [0.2, 0.25) is 5.91 Å². The Hall–Kier alpha value is -1.33. The van der Waals surface area contributed by atoms with Crippen LogP contribution in [0.15, 0.2) is 46.9 Å². The van der Waals surface area contributed by atoms with Gasteiger partial charge in [-0.05, 0) is 48.4 Å². The zero-order valence-electron chi connectivity index (χ0n) is 11.3. The van der Waals surface area contributed by atoms with Crippen LogP contribution in [0.4, 0.5) is 10.1 Å². The summed E-state index contributed by atoms with van der Waals surface area (Å²) in [6, 6.07) is 12.2. The van der Waals surface area contributed by atoms with Crippen molar-refractivity contribution in [3.8, 4) is 0 Å². The fourth-order valence-electron chi connectivity index (χ4n) is 2.36. The third kappa shape index (κ3) is 2.85. The minimum atomic E-state index is -0.265. The number of amides is 1. The molecule has 0 N–H and O–H groups in total. The largest absolute Gasteiger partial charge is 0.295 e. The van der Waals surface area contributed by atoms with E-state index in [0.717, 1.165) is 21.3 Å². The van der Waals surface area contributed by atoms with E-state index in [1.165, 1.54) is 12.1 Å². The van der Waals surface area contributed by atoms with Crippen molar-refractivity contribution in [2.45, 2.75) is 12.3 Å². The van der Waals surface area contributed by atoms with Crippen LogP contribution in [0.25, 0.3) is 0 Å². The number of nitrogens with zero attached hydrogens (tertiary/aromatic N) is 1. The van der Waals surface area contributed by atoms with Crippen molar-refractivity contribution in [2.75, 3.05) is 10.7 Å². The molecular formula is C16H13BrFNOS. The van der Waals surface area contributed by atoms with E-state index in [4.69, 9.17) is 0 Å². The smallest absolute Gasteiger partial charge is 0.238 e. The number of halogens is 2. The van der Waals surface area contributed by atoms with Crippen LogP contribution in [0.5, 0.6) is 0 Å². The highest BCUT2D eigenvalue weighted by Gasteiger charge is 2.34. The van der Waals surface area contributed by atoms with Gasteiger partial charge in [-0.1, -0.05) is 28.1 Å². The molecule has 0 unspecified atom stereocenters. The van der Waals surface area contributed by atoms with Crippen LogP contribution in [0.1, 0.15) is 16.5 Å². The monoisotopic (exact) mass is 365 g/mol. The Morgan fingerprint density at radius 3 is 2.62 bits per heavy atom. The van der Waals surface area contributed by atoms with E-state index >= 15 is 0 Å². The molecule has 1 amide bonds. The molecule has 0 aliphatic carbocycles. The zero-order chi connectivity index (χ0) is 15.0. The molecule has 108 valence electrons. The van der Waals surface area contributed by atoms with Gasteiger partial charge in [0.25, 0.3) is 0 Å². The maximum Gasteiger partial charge on any atom is 0.238 e. The highest BCUT2D eigenvalue weighted by molar-refractivity contribution is 9.10. The van der Waals surface area contributed by atoms with Crippen molar-refractivity contribution < 1.29 is 9.18 Å². The summed E-state index contributed by atoms with van der Waals surface area (Å²) in [4.78, 5) is 14.0. The van der Waals surface area contributed by atoms with Crippen molar-refractivity contribution >= 4 is 39.3 Å². The first kappa shape index (κ1) is 14.6. The number of carbonyl (C=O) groups excluding carboxylic acids is 1. The zero-order valence-corrected chi connectivity index (χ0v) is 13.7. The molecule has 0 aromatic heterocycles. The molecule has 1 heterocycles. The Bertz CT molecular complexity index is 689. The van der Waals surface area contributed by atoms with Gasteiger partial charge in [-0.2, -0.15) is 0 Å². The number of hydrogen-bond donors (Lipinski definition) is 0. The topological polar surface area (TPSA) is 20.3 Å². The Balaban J connectivity index is 1.99. The summed E-state index contributed by atoms with van der Waals surface area (Å²) in [5.41, 5.74) is 2.89. The quantitative estimate of drug-likeness (QED) is 0.770. The number of carbonyl (C=O) groups is 1. The van der Waals surface area contributed by atoms with Crippen molar-refractivity contribution in [2.24, 2.45) is 0 Å². The lowest BCUT2D eigenvalue weighted by Crippen LogP contribution is -2.27. The first-order chi connectivity index (χ1) is 10.1. The first-order valence-electron chi connectivity index (χ1n) is 6.51. The summed E-state index contributed by atoms with van der Waals surface area (Å²) in [6.45, 7) is 1.99. The lowest BCUT2D eigenvalue weighted by molar-refractivity contribution is -0.115. The Kier molecular flexibility index (Phi) is 4.04. The number of hydrogen-bond acceptors (Lipinski definition) is 2. The summed E-state index contributed by atoms with van der Waals surface area (Å²) in [6.07, 6.45) is 0. The van der Waals surface area contributed by atoms with Gasteiger partial charge in [0.1, 0.15) is 11.2 Å². The van der Waals surface area contributed by atoms with E-state index < -0.39 is 0 Å². The molecule has 0 bridgehead atoms. The second kappa shape index (κ2) is 5.81. The van der Waals surface area contributed by atoms with Crippen LogP contribution in [0, 0.1) is 12.7 Å². The average Bonchev–Trinajstić information content (AvgIpc) is 2.85. The van der Waals surface area contributed by atoms with E-state index in [-0.39, 0.29) is 17.1 Å². The normalized spacial score (nSPS) is 18.3. The molecule has 1 fully saturated rings. The van der Waals surface area contributed by atoms with Gasteiger partial charge >= 0.3 is 0 Å². The van der Waals surface area contributed by atoms with Gasteiger partial charge < -0.3 is 0 Å². The summed E-state index contributed by atoms with van der Waals surface area (Å²) < 4.78 is 14.1. The number of aryl methyl sites for hydroxylation is 1. The number of anilines is 1. The average molecular weight is 366 g/mol. The molecule has 1 aliphatic heterocycles. The Morgan fingerprint density at radius 2 is 1.95 bits per heavy atom. The summed E-state index contributed by atoms with van der Waals surface area (Å²) in [7, 11) is 0. The summed E-state index contributed by atoms with van der Waals surface area (Å²) >= 11 is 5.04. The standard InChI is InChI=1S/C16H13BrFNOS/c1-10-8-13(6-7-14(10)17)19-15(20)9-21-16(19)11-2-4-12(18)5-3-11/h2-8,16H,9H2,1H3/t16-/m1/s1. The van der Waals surface area contributed by atoms with Crippen LogP contribution in [0.2, 0.25) is 0 Å². The van der Waals surface area contributed by atoms with Crippen LogP contribution < -0.4 is 4.90 Å². The molecule has 2 nitrogen and oxygen atoms in total. The molecular weight excluding hydrogens is 353 g/mol. The Labute approximate surface area is 135 Å². The molecule has 1 aliphatic rings. The van der Waals surface area contributed by atoms with Gasteiger partial charge in [0.15, 0.2) is 0 Å². The number of rotatable bonds is 2. The van der Waals surface area contributed by atoms with E-state index in [2.05, 4.69) is 15.9 Å². The maximum absolute atomic E-state index is 13.1. The molecule has 2 aromatic carbocycles. The summed E-state index contributed by atoms with van der Waals surface area (Å²) in [5, 5.41) is -0.0984. The van der Waals surface area contributed by atoms with E-state index in [1.807, 2.05) is 25.1 Å². The SMILES string of the molecule is Cc1cc(N2C(=O)CS[C@@H]2c2ccc(F)cc2)ccc1Br. The minimum Gasteiger partial charge on any atom is -0.295 e. The van der Waals surface area contributed by atoms with Gasteiger partial charge in [-0.25, -0.2) is 4.39 Å². The van der Waals surface area contributed by atoms with E-state index in [9.17, 15) is 9.18 Å². The second-order valence-electron chi connectivity index (χ2n) is 4.91. The number of thioether (sulfide) groups is 1. The molecule has 5 heteroatoms. The third-order valence-corrected chi connectivity index (χ3v) is 5.54.